The number of rotatable bonds is 9. The molecule has 10 heteroatoms. The monoisotopic (exact) mass is 412 g/mol. The summed E-state index contributed by atoms with van der Waals surface area (Å²) in [4.78, 5) is 21.6. The van der Waals surface area contributed by atoms with Crippen LogP contribution in [0.4, 0.5) is 5.69 Å². The number of carboxylic acids is 1. The van der Waals surface area contributed by atoms with Gasteiger partial charge in [-0.25, -0.2) is 13.1 Å². The minimum Gasteiger partial charge on any atom is -0.481 e. The number of sulfonamides is 1. The smallest absolute Gasteiger partial charge is 0.308 e. The number of hydrogen-bond acceptors (Lipinski definition) is 5. The lowest BCUT2D eigenvalue weighted by atomic mass is 10.00. The van der Waals surface area contributed by atoms with Gasteiger partial charge in [0.2, 0.25) is 10.0 Å². The van der Waals surface area contributed by atoms with Crippen LogP contribution >= 0.6 is 11.6 Å². The highest BCUT2D eigenvalue weighted by Gasteiger charge is 2.22. The maximum Gasteiger partial charge on any atom is 0.308 e. The summed E-state index contributed by atoms with van der Waals surface area (Å²) in [5.74, 6) is -2.59. The fraction of sp³-hybridized carbons (Fsp3) is 0.235. The summed E-state index contributed by atoms with van der Waals surface area (Å²) < 4.78 is 26.7. The van der Waals surface area contributed by atoms with Gasteiger partial charge in [-0.2, -0.15) is 0 Å². The summed E-state index contributed by atoms with van der Waals surface area (Å²) in [7, 11) is -3.86. The first-order valence-corrected chi connectivity index (χ1v) is 9.87. The number of carbonyl (C=O) groups is 1. The van der Waals surface area contributed by atoms with Gasteiger partial charge >= 0.3 is 5.97 Å². The van der Waals surface area contributed by atoms with Crippen molar-refractivity contribution in [3.8, 4) is 0 Å². The van der Waals surface area contributed by atoms with E-state index < -0.39 is 32.6 Å². The molecule has 0 amide bonds. The van der Waals surface area contributed by atoms with Crippen LogP contribution in [0.3, 0.4) is 0 Å². The number of hydrogen-bond donors (Lipinski definition) is 2. The van der Waals surface area contributed by atoms with Crippen molar-refractivity contribution in [2.24, 2.45) is 5.92 Å². The average Bonchev–Trinajstić information content (AvgIpc) is 2.59. The normalized spacial score (nSPS) is 12.5. The van der Waals surface area contributed by atoms with Crippen molar-refractivity contribution in [2.45, 2.75) is 12.2 Å². The van der Waals surface area contributed by atoms with E-state index in [2.05, 4.69) is 4.72 Å². The van der Waals surface area contributed by atoms with Crippen molar-refractivity contribution in [1.29, 1.82) is 0 Å². The Hall–Kier alpha value is -2.49. The third-order valence-electron chi connectivity index (χ3n) is 3.77. The van der Waals surface area contributed by atoms with Gasteiger partial charge in [0, 0.05) is 23.7 Å². The molecule has 0 heterocycles. The average molecular weight is 413 g/mol. The Kier molecular flexibility index (Phi) is 6.89. The number of aliphatic carboxylic acids is 1. The molecule has 8 nitrogen and oxygen atoms in total. The van der Waals surface area contributed by atoms with Crippen LogP contribution in [0.25, 0.3) is 0 Å². The van der Waals surface area contributed by atoms with Gasteiger partial charge in [0.25, 0.3) is 5.69 Å². The molecule has 0 aliphatic rings. The van der Waals surface area contributed by atoms with Crippen molar-refractivity contribution >= 4 is 33.3 Å². The molecule has 0 fully saturated rings. The summed E-state index contributed by atoms with van der Waals surface area (Å²) in [6, 6.07) is 11.9. The van der Waals surface area contributed by atoms with Gasteiger partial charge in [-0.15, -0.1) is 0 Å². The Morgan fingerprint density at radius 2 is 1.85 bits per heavy atom. The zero-order valence-corrected chi connectivity index (χ0v) is 15.6. The molecule has 0 saturated carbocycles. The Morgan fingerprint density at radius 3 is 2.44 bits per heavy atom. The van der Waals surface area contributed by atoms with Gasteiger partial charge < -0.3 is 5.11 Å². The fourth-order valence-corrected chi connectivity index (χ4v) is 3.71. The maximum absolute atomic E-state index is 12.2. The summed E-state index contributed by atoms with van der Waals surface area (Å²) in [6.45, 7) is -0.296. The summed E-state index contributed by atoms with van der Waals surface area (Å²) in [5.41, 5.74) is 0.736. The first-order chi connectivity index (χ1) is 12.7. The van der Waals surface area contributed by atoms with E-state index in [0.717, 1.165) is 0 Å². The van der Waals surface area contributed by atoms with Crippen molar-refractivity contribution < 1.29 is 23.2 Å². The molecule has 2 rings (SSSR count). The number of non-ortho nitro benzene ring substituents is 1. The van der Waals surface area contributed by atoms with Gasteiger partial charge in [0.15, 0.2) is 0 Å². The zero-order chi connectivity index (χ0) is 20.0. The Morgan fingerprint density at radius 1 is 1.19 bits per heavy atom. The van der Waals surface area contributed by atoms with Crippen LogP contribution in [0.2, 0.25) is 5.02 Å². The number of halogens is 1. The van der Waals surface area contributed by atoms with Gasteiger partial charge in [-0.3, -0.25) is 14.9 Å². The topological polar surface area (TPSA) is 127 Å². The Bertz CT molecular complexity index is 931. The van der Waals surface area contributed by atoms with Crippen LogP contribution < -0.4 is 4.72 Å². The minimum atomic E-state index is -3.86. The predicted octanol–water partition coefficient (Wildman–Crippen LogP) is 2.61. The standard InChI is InChI=1S/C17H17ClN2O6S/c18-15-6-4-12(5-7-15)8-14(17(21)22)10-19-27(25,26)11-13-2-1-3-16(9-13)20(23)24/h1-7,9,14,19H,8,10-11H2,(H,21,22). The second-order valence-electron chi connectivity index (χ2n) is 5.90. The lowest BCUT2D eigenvalue weighted by Crippen LogP contribution is -2.34. The SMILES string of the molecule is O=C(O)C(CNS(=O)(=O)Cc1cccc([N+](=O)[O-])c1)Cc1ccc(Cl)cc1. The van der Waals surface area contributed by atoms with Gasteiger partial charge in [-0.05, 0) is 29.7 Å². The molecular formula is C17H17ClN2O6S. The van der Waals surface area contributed by atoms with Crippen LogP contribution in [0.15, 0.2) is 48.5 Å². The van der Waals surface area contributed by atoms with E-state index in [1.54, 1.807) is 24.3 Å². The Balaban J connectivity index is 2.02. The van der Waals surface area contributed by atoms with Crippen LogP contribution in [0.1, 0.15) is 11.1 Å². The highest BCUT2D eigenvalue weighted by molar-refractivity contribution is 7.88. The number of carboxylic acid groups (broad SMARTS) is 1. The molecule has 2 aromatic carbocycles. The quantitative estimate of drug-likeness (QED) is 0.481. The van der Waals surface area contributed by atoms with E-state index in [0.29, 0.717) is 10.6 Å². The molecule has 0 saturated heterocycles. The van der Waals surface area contributed by atoms with E-state index in [1.165, 1.54) is 24.3 Å². The second-order valence-corrected chi connectivity index (χ2v) is 8.14. The predicted molar refractivity (Wildman–Crippen MR) is 100 cm³/mol. The van der Waals surface area contributed by atoms with Crippen molar-refractivity contribution in [3.05, 3.63) is 74.8 Å². The van der Waals surface area contributed by atoms with Gasteiger partial charge in [0.05, 0.1) is 16.6 Å². The summed E-state index contributed by atoms with van der Waals surface area (Å²) >= 11 is 5.79. The number of nitrogens with one attached hydrogen (secondary N) is 1. The highest BCUT2D eigenvalue weighted by atomic mass is 35.5. The van der Waals surface area contributed by atoms with Crippen LogP contribution in [0.5, 0.6) is 0 Å². The lowest BCUT2D eigenvalue weighted by Gasteiger charge is -2.14. The number of nitrogens with zero attached hydrogens (tertiary/aromatic N) is 1. The van der Waals surface area contributed by atoms with E-state index in [-0.39, 0.29) is 24.2 Å². The minimum absolute atomic E-state index is 0.131. The molecule has 27 heavy (non-hydrogen) atoms. The van der Waals surface area contributed by atoms with Gasteiger partial charge in [-0.1, -0.05) is 35.9 Å². The molecule has 0 spiro atoms. The van der Waals surface area contributed by atoms with Crippen molar-refractivity contribution in [3.63, 3.8) is 0 Å². The molecule has 0 aromatic heterocycles. The maximum atomic E-state index is 12.2. The van der Waals surface area contributed by atoms with Gasteiger partial charge in [0.1, 0.15) is 0 Å². The number of benzene rings is 2. The Labute approximate surface area is 161 Å². The third-order valence-corrected chi connectivity index (χ3v) is 5.34. The van der Waals surface area contributed by atoms with E-state index in [9.17, 15) is 28.4 Å². The third kappa shape index (κ3) is 6.63. The highest BCUT2D eigenvalue weighted by Crippen LogP contribution is 2.16. The number of nitro groups is 1. The van der Waals surface area contributed by atoms with Crippen LogP contribution in [-0.2, 0) is 27.0 Å². The number of nitro benzene ring substituents is 1. The molecule has 2 N–H and O–H groups in total. The fourth-order valence-electron chi connectivity index (χ4n) is 2.41. The molecule has 0 radical (unpaired) electrons. The van der Waals surface area contributed by atoms with E-state index >= 15 is 0 Å². The largest absolute Gasteiger partial charge is 0.481 e. The zero-order valence-electron chi connectivity index (χ0n) is 14.0. The molecule has 0 bridgehead atoms. The summed E-state index contributed by atoms with van der Waals surface area (Å²) in [5, 5.41) is 20.6. The second kappa shape index (κ2) is 8.94. The molecule has 1 atom stereocenters. The molecule has 0 aliphatic heterocycles. The van der Waals surface area contributed by atoms with Crippen molar-refractivity contribution in [1.82, 2.24) is 4.72 Å². The van der Waals surface area contributed by atoms with Crippen LogP contribution in [-0.4, -0.2) is 31.0 Å². The van der Waals surface area contributed by atoms with E-state index in [1.807, 2.05) is 0 Å². The van der Waals surface area contributed by atoms with Crippen LogP contribution in [0, 0.1) is 16.0 Å². The summed E-state index contributed by atoms with van der Waals surface area (Å²) in [6.07, 6.45) is 0.131. The molecular weight excluding hydrogens is 396 g/mol. The first-order valence-electron chi connectivity index (χ1n) is 7.84. The first kappa shape index (κ1) is 20.8. The van der Waals surface area contributed by atoms with Crippen molar-refractivity contribution in [2.75, 3.05) is 6.54 Å². The lowest BCUT2D eigenvalue weighted by molar-refractivity contribution is -0.384. The molecule has 0 aliphatic carbocycles. The molecule has 1 unspecified atom stereocenters. The molecule has 2 aromatic rings. The molecule has 144 valence electrons. The van der Waals surface area contributed by atoms with E-state index in [4.69, 9.17) is 11.6 Å².